The third kappa shape index (κ3) is 12.7. The third-order valence-corrected chi connectivity index (χ3v) is 10.2. The van der Waals surface area contributed by atoms with Gasteiger partial charge in [-0.05, 0) is 127 Å². The fourth-order valence-electron chi connectivity index (χ4n) is 7.39. The average molecular weight is 650 g/mol. The van der Waals surface area contributed by atoms with E-state index in [2.05, 4.69) is 74.4 Å². The molecule has 0 saturated carbocycles. The van der Waals surface area contributed by atoms with Crippen molar-refractivity contribution in [2.24, 2.45) is 0 Å². The van der Waals surface area contributed by atoms with E-state index in [4.69, 9.17) is 0 Å². The Balaban J connectivity index is 1.58. The highest BCUT2D eigenvalue weighted by Gasteiger charge is 2.31. The van der Waals surface area contributed by atoms with Crippen molar-refractivity contribution in [1.82, 2.24) is 4.90 Å². The zero-order valence-corrected chi connectivity index (χ0v) is 30.3. The smallest absolute Gasteiger partial charge is 0.279 e. The summed E-state index contributed by atoms with van der Waals surface area (Å²) < 4.78 is 0.828. The minimum Gasteiger partial charge on any atom is -0.396 e. The number of nitrogens with zero attached hydrogens (tertiary/aromatic N) is 2. The Bertz CT molecular complexity index is 1210. The molecule has 47 heavy (non-hydrogen) atoms. The predicted molar refractivity (Wildman–Crippen MR) is 197 cm³/mol. The lowest BCUT2D eigenvalue weighted by Crippen LogP contribution is -2.54. The Morgan fingerprint density at radius 1 is 0.745 bits per heavy atom. The highest BCUT2D eigenvalue weighted by Crippen LogP contribution is 2.25. The first kappa shape index (κ1) is 38.7. The number of benzene rings is 2. The molecule has 7 heteroatoms. The van der Waals surface area contributed by atoms with Gasteiger partial charge >= 0.3 is 0 Å². The highest BCUT2D eigenvalue weighted by molar-refractivity contribution is 5.96. The summed E-state index contributed by atoms with van der Waals surface area (Å²) in [5.41, 5.74) is 6.33. The van der Waals surface area contributed by atoms with Crippen LogP contribution in [0.15, 0.2) is 36.4 Å². The second-order valence-corrected chi connectivity index (χ2v) is 14.2. The summed E-state index contributed by atoms with van der Waals surface area (Å²) in [5, 5.41) is 15.9. The Morgan fingerprint density at radius 3 is 1.85 bits per heavy atom. The number of carbonyl (C=O) groups is 2. The Kier molecular flexibility index (Phi) is 17.0. The van der Waals surface area contributed by atoms with Crippen LogP contribution in [0.3, 0.4) is 0 Å². The molecule has 2 unspecified atom stereocenters. The lowest BCUT2D eigenvalue weighted by molar-refractivity contribution is -0.921. The summed E-state index contributed by atoms with van der Waals surface area (Å²) in [6, 6.07) is 12.3. The summed E-state index contributed by atoms with van der Waals surface area (Å²) in [4.78, 5) is 29.4. The van der Waals surface area contributed by atoms with Crippen LogP contribution in [-0.2, 0) is 9.59 Å². The van der Waals surface area contributed by atoms with Gasteiger partial charge in [0.25, 0.3) is 5.91 Å². The number of aliphatic hydroxyl groups is 1. The molecule has 3 rings (SSSR count). The van der Waals surface area contributed by atoms with Crippen molar-refractivity contribution < 1.29 is 19.2 Å². The van der Waals surface area contributed by atoms with Crippen molar-refractivity contribution in [2.75, 3.05) is 56.5 Å². The highest BCUT2D eigenvalue weighted by atomic mass is 16.3. The van der Waals surface area contributed by atoms with E-state index < -0.39 is 0 Å². The van der Waals surface area contributed by atoms with Crippen LogP contribution in [0, 0.1) is 27.7 Å². The van der Waals surface area contributed by atoms with Gasteiger partial charge in [0.1, 0.15) is 0 Å². The number of aliphatic hydroxyl groups excluding tert-OH is 1. The maximum atomic E-state index is 13.6. The Labute approximate surface area is 286 Å². The van der Waals surface area contributed by atoms with E-state index in [1.54, 1.807) is 0 Å². The molecule has 1 heterocycles. The van der Waals surface area contributed by atoms with E-state index in [0.29, 0.717) is 6.54 Å². The van der Waals surface area contributed by atoms with Crippen LogP contribution < -0.4 is 10.6 Å². The van der Waals surface area contributed by atoms with Gasteiger partial charge in [-0.3, -0.25) is 14.5 Å². The number of para-hydroxylation sites is 2. The zero-order valence-electron chi connectivity index (χ0n) is 30.3. The van der Waals surface area contributed by atoms with Crippen molar-refractivity contribution in [3.63, 3.8) is 0 Å². The van der Waals surface area contributed by atoms with Crippen LogP contribution in [0.1, 0.15) is 113 Å². The third-order valence-electron chi connectivity index (χ3n) is 10.2. The van der Waals surface area contributed by atoms with Gasteiger partial charge in [0, 0.05) is 18.0 Å². The van der Waals surface area contributed by atoms with Crippen LogP contribution in [0.2, 0.25) is 0 Å². The quantitative estimate of drug-likeness (QED) is 0.0944. The topological polar surface area (TPSA) is 81.7 Å². The number of nitrogens with one attached hydrogen (secondary N) is 2. The van der Waals surface area contributed by atoms with Crippen molar-refractivity contribution >= 4 is 23.2 Å². The minimum atomic E-state index is -0.0556. The number of hydrogen-bond donors (Lipinski definition) is 3. The molecule has 1 saturated heterocycles. The van der Waals surface area contributed by atoms with Crippen molar-refractivity contribution in [2.45, 2.75) is 124 Å². The molecular formula is C40H65N4O3+. The number of carbonyl (C=O) groups excluding carboxylic acids is 2. The lowest BCUT2D eigenvalue weighted by Gasteiger charge is -2.39. The summed E-state index contributed by atoms with van der Waals surface area (Å²) >= 11 is 0. The van der Waals surface area contributed by atoms with Crippen molar-refractivity contribution in [3.8, 4) is 0 Å². The molecule has 0 aliphatic carbocycles. The number of unbranched alkanes of at least 4 members (excludes halogenated alkanes) is 7. The van der Waals surface area contributed by atoms with E-state index in [0.717, 1.165) is 141 Å². The van der Waals surface area contributed by atoms with Gasteiger partial charge in [0.2, 0.25) is 5.91 Å². The van der Waals surface area contributed by atoms with Crippen LogP contribution in [0.4, 0.5) is 11.4 Å². The molecule has 1 aliphatic heterocycles. The lowest BCUT2D eigenvalue weighted by atomic mass is 10.00. The van der Waals surface area contributed by atoms with E-state index >= 15 is 0 Å². The molecule has 1 fully saturated rings. The van der Waals surface area contributed by atoms with Gasteiger partial charge in [-0.1, -0.05) is 62.6 Å². The molecule has 0 aromatic heterocycles. The number of amides is 2. The average Bonchev–Trinajstić information content (AvgIpc) is 3.05. The number of quaternary nitrogens is 1. The molecule has 0 bridgehead atoms. The summed E-state index contributed by atoms with van der Waals surface area (Å²) in [7, 11) is 0. The zero-order chi connectivity index (χ0) is 34.1. The molecule has 262 valence electrons. The standard InChI is InChI=1S/C40H64N4O3/c1-6-7-14-27-44(29-16-10-17-30-45,31-37(46)41-38-32(2)20-18-21-33(38)3)28-15-9-8-12-25-43-26-13-11-24-36(43)40(47)42-39-34(4)22-19-23-35(39)5/h18-23,36,45H,6-17,24-31H2,1-5H3,(H-,41,42,46,47)/p+1. The normalized spacial score (nSPS) is 16.5. The number of likely N-dealkylation sites (tertiary alicyclic amines) is 1. The number of hydrogen-bond acceptors (Lipinski definition) is 4. The number of anilines is 2. The molecular weight excluding hydrogens is 584 g/mol. The minimum absolute atomic E-state index is 0.0556. The van der Waals surface area contributed by atoms with E-state index in [-0.39, 0.29) is 24.5 Å². The molecule has 2 aromatic rings. The van der Waals surface area contributed by atoms with Crippen LogP contribution >= 0.6 is 0 Å². The molecule has 2 amide bonds. The summed E-state index contributed by atoms with van der Waals surface area (Å²) in [5.74, 6) is 0.244. The largest absolute Gasteiger partial charge is 0.396 e. The van der Waals surface area contributed by atoms with Gasteiger partial charge in [0.15, 0.2) is 6.54 Å². The molecule has 2 aromatic carbocycles. The Morgan fingerprint density at radius 2 is 1.28 bits per heavy atom. The van der Waals surface area contributed by atoms with E-state index in [9.17, 15) is 14.7 Å². The van der Waals surface area contributed by atoms with E-state index in [1.165, 1.54) is 12.8 Å². The second-order valence-electron chi connectivity index (χ2n) is 14.2. The summed E-state index contributed by atoms with van der Waals surface area (Å²) in [6.07, 6.45) is 14.0. The fourth-order valence-corrected chi connectivity index (χ4v) is 7.39. The predicted octanol–water partition coefficient (Wildman–Crippen LogP) is 8.08. The molecule has 0 spiro atoms. The molecule has 1 aliphatic rings. The SMILES string of the molecule is CCCCC[N+](CCCCCO)(CCCCCCN1CCCCC1C(=O)Nc1c(C)cccc1C)CC(=O)Nc1c(C)cccc1C. The first-order chi connectivity index (χ1) is 22.7. The molecule has 2 atom stereocenters. The van der Waals surface area contributed by atoms with Gasteiger partial charge < -0.3 is 20.2 Å². The molecule has 0 radical (unpaired) electrons. The first-order valence-electron chi connectivity index (χ1n) is 18.6. The van der Waals surface area contributed by atoms with Gasteiger partial charge in [0.05, 0.1) is 25.7 Å². The van der Waals surface area contributed by atoms with Crippen molar-refractivity contribution in [3.05, 3.63) is 58.7 Å². The van der Waals surface area contributed by atoms with Crippen molar-refractivity contribution in [1.29, 1.82) is 0 Å². The second kappa shape index (κ2) is 20.6. The van der Waals surface area contributed by atoms with Crippen LogP contribution in [-0.4, -0.2) is 78.2 Å². The van der Waals surface area contributed by atoms with Gasteiger partial charge in [-0.2, -0.15) is 0 Å². The molecule has 7 nitrogen and oxygen atoms in total. The number of aryl methyl sites for hydroxylation is 4. The molecule has 3 N–H and O–H groups in total. The Hall–Kier alpha value is -2.74. The number of rotatable bonds is 21. The van der Waals surface area contributed by atoms with Crippen LogP contribution in [0.25, 0.3) is 0 Å². The fraction of sp³-hybridized carbons (Fsp3) is 0.650. The first-order valence-corrected chi connectivity index (χ1v) is 18.6. The maximum Gasteiger partial charge on any atom is 0.279 e. The van der Waals surface area contributed by atoms with Crippen LogP contribution in [0.5, 0.6) is 0 Å². The summed E-state index contributed by atoms with van der Waals surface area (Å²) in [6.45, 7) is 16.2. The van der Waals surface area contributed by atoms with Gasteiger partial charge in [-0.15, -0.1) is 0 Å². The van der Waals surface area contributed by atoms with E-state index in [1.807, 2.05) is 12.1 Å². The monoisotopic (exact) mass is 650 g/mol. The number of piperidine rings is 1. The maximum absolute atomic E-state index is 13.6. The van der Waals surface area contributed by atoms with Gasteiger partial charge in [-0.25, -0.2) is 0 Å².